The van der Waals surface area contributed by atoms with Crippen LogP contribution < -0.4 is 14.8 Å². The number of benzene rings is 1. The lowest BCUT2D eigenvalue weighted by molar-refractivity contribution is 0.402. The van der Waals surface area contributed by atoms with Crippen LogP contribution in [0.2, 0.25) is 0 Å². The minimum Gasteiger partial charge on any atom is -0.495 e. The summed E-state index contributed by atoms with van der Waals surface area (Å²) in [4.78, 5) is 0.182. The van der Waals surface area contributed by atoms with Crippen LogP contribution in [-0.4, -0.2) is 35.2 Å². The van der Waals surface area contributed by atoms with E-state index in [-0.39, 0.29) is 17.3 Å². The van der Waals surface area contributed by atoms with Gasteiger partial charge in [0, 0.05) is 13.1 Å². The van der Waals surface area contributed by atoms with E-state index in [0.717, 1.165) is 12.1 Å². The number of nitrogens with one attached hydrogen (secondary N) is 2. The second-order valence-corrected chi connectivity index (χ2v) is 5.64. The van der Waals surface area contributed by atoms with Crippen molar-refractivity contribution in [2.45, 2.75) is 18.7 Å². The molecule has 5 nitrogen and oxygen atoms in total. The van der Waals surface area contributed by atoms with Crippen LogP contribution in [-0.2, 0) is 10.0 Å². The fourth-order valence-corrected chi connectivity index (χ4v) is 2.81. The maximum absolute atomic E-state index is 12.1. The molecule has 0 saturated carbocycles. The van der Waals surface area contributed by atoms with E-state index in [9.17, 15) is 8.42 Å². The van der Waals surface area contributed by atoms with Crippen LogP contribution in [0, 0.1) is 6.92 Å². The number of hydrogen-bond acceptors (Lipinski definition) is 4. The van der Waals surface area contributed by atoms with E-state index in [1.807, 2.05) is 19.9 Å². The molecule has 0 spiro atoms. The van der Waals surface area contributed by atoms with Crippen molar-refractivity contribution >= 4 is 22.4 Å². The highest BCUT2D eigenvalue weighted by atomic mass is 35.5. The summed E-state index contributed by atoms with van der Waals surface area (Å²) < 4.78 is 31.8. The summed E-state index contributed by atoms with van der Waals surface area (Å²) in [6.45, 7) is 5.59. The van der Waals surface area contributed by atoms with E-state index in [1.54, 1.807) is 12.1 Å². The zero-order valence-corrected chi connectivity index (χ0v) is 13.0. The Morgan fingerprint density at radius 2 is 1.95 bits per heavy atom. The first-order valence-corrected chi connectivity index (χ1v) is 7.34. The second-order valence-electron chi connectivity index (χ2n) is 3.91. The summed E-state index contributed by atoms with van der Waals surface area (Å²) in [5.74, 6) is 0.358. The van der Waals surface area contributed by atoms with Gasteiger partial charge < -0.3 is 10.1 Å². The van der Waals surface area contributed by atoms with E-state index < -0.39 is 10.0 Å². The zero-order valence-electron chi connectivity index (χ0n) is 11.4. The van der Waals surface area contributed by atoms with Crippen molar-refractivity contribution in [3.8, 4) is 5.75 Å². The van der Waals surface area contributed by atoms with Crippen LogP contribution in [0.15, 0.2) is 23.1 Å². The van der Waals surface area contributed by atoms with Crippen molar-refractivity contribution in [1.29, 1.82) is 0 Å². The van der Waals surface area contributed by atoms with Crippen LogP contribution >= 0.6 is 12.4 Å². The van der Waals surface area contributed by atoms with Gasteiger partial charge in [-0.15, -0.1) is 12.4 Å². The molecule has 0 atom stereocenters. The maximum Gasteiger partial charge on any atom is 0.244 e. The number of ether oxygens (including phenoxy) is 1. The first kappa shape index (κ1) is 18.2. The lowest BCUT2D eigenvalue weighted by atomic mass is 10.2. The van der Waals surface area contributed by atoms with Crippen LogP contribution in [0.4, 0.5) is 0 Å². The SMILES string of the molecule is CCNCCNS(=O)(=O)c1cc(C)ccc1OC.Cl. The molecule has 0 unspecified atom stereocenters. The molecule has 19 heavy (non-hydrogen) atoms. The molecule has 0 saturated heterocycles. The summed E-state index contributed by atoms with van der Waals surface area (Å²) in [6, 6.07) is 5.08. The van der Waals surface area contributed by atoms with Crippen molar-refractivity contribution in [2.24, 2.45) is 0 Å². The van der Waals surface area contributed by atoms with E-state index in [0.29, 0.717) is 18.8 Å². The number of hydrogen-bond donors (Lipinski definition) is 2. The highest BCUT2D eigenvalue weighted by molar-refractivity contribution is 7.89. The van der Waals surface area contributed by atoms with Gasteiger partial charge >= 0.3 is 0 Å². The van der Waals surface area contributed by atoms with Gasteiger partial charge in [-0.1, -0.05) is 13.0 Å². The largest absolute Gasteiger partial charge is 0.495 e. The third-order valence-corrected chi connectivity index (χ3v) is 3.93. The Morgan fingerprint density at radius 1 is 1.26 bits per heavy atom. The summed E-state index contributed by atoms with van der Waals surface area (Å²) in [6.07, 6.45) is 0. The van der Waals surface area contributed by atoms with Crippen molar-refractivity contribution in [2.75, 3.05) is 26.7 Å². The molecule has 110 valence electrons. The van der Waals surface area contributed by atoms with E-state index in [4.69, 9.17) is 4.74 Å². The van der Waals surface area contributed by atoms with Gasteiger partial charge in [-0.25, -0.2) is 13.1 Å². The third kappa shape index (κ3) is 5.36. The Hall–Kier alpha value is -0.820. The molecular formula is C12H21ClN2O3S. The van der Waals surface area contributed by atoms with Gasteiger partial charge in [0.15, 0.2) is 0 Å². The van der Waals surface area contributed by atoms with Gasteiger partial charge in [-0.3, -0.25) is 0 Å². The molecule has 7 heteroatoms. The monoisotopic (exact) mass is 308 g/mol. The molecule has 0 amide bonds. The molecule has 1 aromatic carbocycles. The molecule has 0 aromatic heterocycles. The van der Waals surface area contributed by atoms with Gasteiger partial charge in [0.25, 0.3) is 0 Å². The number of rotatable bonds is 7. The number of methoxy groups -OCH3 is 1. The molecular weight excluding hydrogens is 288 g/mol. The Bertz CT molecular complexity index is 492. The molecule has 0 bridgehead atoms. The smallest absolute Gasteiger partial charge is 0.244 e. The van der Waals surface area contributed by atoms with Gasteiger partial charge in [0.1, 0.15) is 10.6 Å². The van der Waals surface area contributed by atoms with Gasteiger partial charge in [0.2, 0.25) is 10.0 Å². The molecule has 0 aliphatic heterocycles. The van der Waals surface area contributed by atoms with E-state index in [2.05, 4.69) is 10.0 Å². The standard InChI is InChI=1S/C12H20N2O3S.ClH/c1-4-13-7-8-14-18(15,16)12-9-10(2)5-6-11(12)17-3;/h5-6,9,13-14H,4,7-8H2,1-3H3;1H. The first-order valence-electron chi connectivity index (χ1n) is 5.86. The number of halogens is 1. The Morgan fingerprint density at radius 3 is 2.53 bits per heavy atom. The Balaban J connectivity index is 0.00000324. The van der Waals surface area contributed by atoms with E-state index >= 15 is 0 Å². The van der Waals surface area contributed by atoms with Crippen LogP contribution in [0.25, 0.3) is 0 Å². The lowest BCUT2D eigenvalue weighted by Gasteiger charge is -2.11. The van der Waals surface area contributed by atoms with Gasteiger partial charge in [-0.05, 0) is 31.2 Å². The normalized spacial score (nSPS) is 10.9. The van der Waals surface area contributed by atoms with Crippen molar-refractivity contribution in [3.05, 3.63) is 23.8 Å². The molecule has 0 aliphatic carbocycles. The number of likely N-dealkylation sites (N-methyl/N-ethyl adjacent to an activating group) is 1. The quantitative estimate of drug-likeness (QED) is 0.745. The van der Waals surface area contributed by atoms with Crippen LogP contribution in [0.5, 0.6) is 5.75 Å². The summed E-state index contributed by atoms with van der Waals surface area (Å²) >= 11 is 0. The average molecular weight is 309 g/mol. The topological polar surface area (TPSA) is 67.4 Å². The summed E-state index contributed by atoms with van der Waals surface area (Å²) in [5, 5.41) is 3.05. The first-order chi connectivity index (χ1) is 8.51. The van der Waals surface area contributed by atoms with Gasteiger partial charge in [-0.2, -0.15) is 0 Å². The second kappa shape index (κ2) is 8.37. The Labute approximate surface area is 121 Å². The summed E-state index contributed by atoms with van der Waals surface area (Å²) in [5.41, 5.74) is 0.878. The average Bonchev–Trinajstić information content (AvgIpc) is 2.35. The minimum atomic E-state index is -3.52. The molecule has 0 heterocycles. The predicted octanol–water partition coefficient (Wildman–Crippen LogP) is 1.31. The van der Waals surface area contributed by atoms with Gasteiger partial charge in [0.05, 0.1) is 7.11 Å². The summed E-state index contributed by atoms with van der Waals surface area (Å²) in [7, 11) is -2.06. The fraction of sp³-hybridized carbons (Fsp3) is 0.500. The maximum atomic E-state index is 12.1. The van der Waals surface area contributed by atoms with Crippen molar-refractivity contribution < 1.29 is 13.2 Å². The molecule has 0 fully saturated rings. The number of sulfonamides is 1. The highest BCUT2D eigenvalue weighted by Crippen LogP contribution is 2.24. The number of aryl methyl sites for hydroxylation is 1. The third-order valence-electron chi connectivity index (χ3n) is 2.45. The predicted molar refractivity (Wildman–Crippen MR) is 78.7 cm³/mol. The molecule has 1 aromatic rings. The molecule has 1 rings (SSSR count). The van der Waals surface area contributed by atoms with Crippen molar-refractivity contribution in [1.82, 2.24) is 10.0 Å². The molecule has 0 aliphatic rings. The Kier molecular flexibility index (Phi) is 8.01. The van der Waals surface area contributed by atoms with E-state index in [1.165, 1.54) is 7.11 Å². The molecule has 0 radical (unpaired) electrons. The minimum absolute atomic E-state index is 0. The fourth-order valence-electron chi connectivity index (χ4n) is 1.52. The zero-order chi connectivity index (χ0) is 13.6. The lowest BCUT2D eigenvalue weighted by Crippen LogP contribution is -2.32. The van der Waals surface area contributed by atoms with Crippen LogP contribution in [0.1, 0.15) is 12.5 Å². The molecule has 2 N–H and O–H groups in total. The highest BCUT2D eigenvalue weighted by Gasteiger charge is 2.18. The van der Waals surface area contributed by atoms with Crippen LogP contribution in [0.3, 0.4) is 0 Å². The van der Waals surface area contributed by atoms with Crippen molar-refractivity contribution in [3.63, 3.8) is 0 Å².